The number of hydrogen-bond acceptors (Lipinski definition) is 3. The number of allylic oxidation sites excluding steroid dienone is 1. The molecule has 2 rings (SSSR count). The molecule has 0 bridgehead atoms. The lowest BCUT2D eigenvalue weighted by Crippen LogP contribution is -2.37. The molecular formula is C17H18F3NO2. The second kappa shape index (κ2) is 6.56. The minimum atomic E-state index is -4.96. The maximum Gasteiger partial charge on any atom is 0.450 e. The van der Waals surface area contributed by atoms with Crippen LogP contribution in [0.15, 0.2) is 29.8 Å². The first-order valence-electron chi connectivity index (χ1n) is 7.33. The Morgan fingerprint density at radius 3 is 2.35 bits per heavy atom. The largest absolute Gasteiger partial charge is 0.450 e. The van der Waals surface area contributed by atoms with Crippen molar-refractivity contribution in [2.24, 2.45) is 5.92 Å². The molecule has 124 valence electrons. The van der Waals surface area contributed by atoms with Crippen molar-refractivity contribution in [3.63, 3.8) is 0 Å². The van der Waals surface area contributed by atoms with Gasteiger partial charge in [-0.1, -0.05) is 12.1 Å². The highest BCUT2D eigenvalue weighted by atomic mass is 19.4. The van der Waals surface area contributed by atoms with E-state index < -0.39 is 23.7 Å². The Balaban J connectivity index is 2.22. The Bertz CT molecular complexity index is 630. The summed E-state index contributed by atoms with van der Waals surface area (Å²) in [6.45, 7) is 0. The maximum atomic E-state index is 12.6. The molecule has 0 saturated heterocycles. The zero-order valence-electron chi connectivity index (χ0n) is 13.0. The SMILES string of the molecule is CN(C)c1ccc(C=C2CCCC(C(=O)C(F)(F)F)C2=O)cc1. The molecule has 1 saturated carbocycles. The Morgan fingerprint density at radius 1 is 1.22 bits per heavy atom. The third kappa shape index (κ3) is 4.00. The molecule has 0 spiro atoms. The van der Waals surface area contributed by atoms with Crippen LogP contribution in [-0.4, -0.2) is 31.8 Å². The fraction of sp³-hybridized carbons (Fsp3) is 0.412. The minimum absolute atomic E-state index is 0.0336. The maximum absolute atomic E-state index is 12.6. The topological polar surface area (TPSA) is 37.4 Å². The van der Waals surface area contributed by atoms with Crippen molar-refractivity contribution in [1.82, 2.24) is 0 Å². The normalized spacial score (nSPS) is 20.7. The van der Waals surface area contributed by atoms with E-state index in [1.165, 1.54) is 0 Å². The number of halogens is 3. The van der Waals surface area contributed by atoms with Gasteiger partial charge in [-0.3, -0.25) is 9.59 Å². The highest BCUT2D eigenvalue weighted by Crippen LogP contribution is 2.32. The average molecular weight is 325 g/mol. The predicted molar refractivity (Wildman–Crippen MR) is 82.2 cm³/mol. The van der Waals surface area contributed by atoms with E-state index >= 15 is 0 Å². The van der Waals surface area contributed by atoms with Gasteiger partial charge < -0.3 is 4.90 Å². The number of Topliss-reactive ketones (excluding diaryl/α,β-unsaturated/α-hetero) is 2. The highest BCUT2D eigenvalue weighted by molar-refractivity contribution is 6.14. The molecular weight excluding hydrogens is 307 g/mol. The van der Waals surface area contributed by atoms with Gasteiger partial charge in [-0.15, -0.1) is 0 Å². The predicted octanol–water partition coefficient (Wildman–Crippen LogP) is 3.64. The number of ketones is 2. The van der Waals surface area contributed by atoms with Crippen molar-refractivity contribution in [1.29, 1.82) is 0 Å². The van der Waals surface area contributed by atoms with Crippen LogP contribution in [0.4, 0.5) is 18.9 Å². The molecule has 23 heavy (non-hydrogen) atoms. The minimum Gasteiger partial charge on any atom is -0.378 e. The van der Waals surface area contributed by atoms with Crippen LogP contribution in [0.1, 0.15) is 24.8 Å². The van der Waals surface area contributed by atoms with E-state index in [-0.39, 0.29) is 12.0 Å². The van der Waals surface area contributed by atoms with Gasteiger partial charge in [0.1, 0.15) is 0 Å². The summed E-state index contributed by atoms with van der Waals surface area (Å²) < 4.78 is 37.7. The zero-order chi connectivity index (χ0) is 17.2. The molecule has 0 N–H and O–H groups in total. The van der Waals surface area contributed by atoms with Crippen molar-refractivity contribution < 1.29 is 22.8 Å². The van der Waals surface area contributed by atoms with Gasteiger partial charge in [-0.05, 0) is 48.6 Å². The first-order chi connectivity index (χ1) is 10.7. The molecule has 1 aromatic carbocycles. The van der Waals surface area contributed by atoms with Crippen LogP contribution in [0.25, 0.3) is 6.08 Å². The summed E-state index contributed by atoms with van der Waals surface area (Å²) >= 11 is 0. The number of carbonyl (C=O) groups excluding carboxylic acids is 2. The smallest absolute Gasteiger partial charge is 0.378 e. The van der Waals surface area contributed by atoms with Gasteiger partial charge >= 0.3 is 6.18 Å². The van der Waals surface area contributed by atoms with Gasteiger partial charge in [0.05, 0.1) is 5.92 Å². The Kier molecular flexibility index (Phi) is 4.92. The van der Waals surface area contributed by atoms with Crippen molar-refractivity contribution in [3.8, 4) is 0 Å². The van der Waals surface area contributed by atoms with Gasteiger partial charge in [0.15, 0.2) is 5.78 Å². The highest BCUT2D eigenvalue weighted by Gasteiger charge is 2.47. The van der Waals surface area contributed by atoms with Crippen LogP contribution < -0.4 is 4.90 Å². The number of hydrogen-bond donors (Lipinski definition) is 0. The van der Waals surface area contributed by atoms with Crippen LogP contribution in [-0.2, 0) is 9.59 Å². The van der Waals surface area contributed by atoms with E-state index in [0.29, 0.717) is 12.8 Å². The van der Waals surface area contributed by atoms with Gasteiger partial charge in [-0.25, -0.2) is 0 Å². The monoisotopic (exact) mass is 325 g/mol. The van der Waals surface area contributed by atoms with E-state index in [1.807, 2.05) is 31.1 Å². The standard InChI is InChI=1S/C17H18F3NO2/c1-21(2)13-8-6-11(7-9-13)10-12-4-3-5-14(15(12)22)16(23)17(18,19)20/h6-10,14H,3-5H2,1-2H3. The lowest BCUT2D eigenvalue weighted by atomic mass is 9.81. The van der Waals surface area contributed by atoms with Crippen LogP contribution in [0, 0.1) is 5.92 Å². The van der Waals surface area contributed by atoms with Gasteiger partial charge in [0, 0.05) is 19.8 Å². The van der Waals surface area contributed by atoms with Gasteiger partial charge in [0.25, 0.3) is 0 Å². The van der Waals surface area contributed by atoms with Gasteiger partial charge in [0.2, 0.25) is 5.78 Å². The molecule has 1 unspecified atom stereocenters. The fourth-order valence-corrected chi connectivity index (χ4v) is 2.64. The van der Waals surface area contributed by atoms with E-state index in [4.69, 9.17) is 0 Å². The molecule has 0 heterocycles. The summed E-state index contributed by atoms with van der Waals surface area (Å²) in [4.78, 5) is 25.5. The Labute approximate surface area is 132 Å². The Hall–Kier alpha value is -2.11. The Morgan fingerprint density at radius 2 is 1.83 bits per heavy atom. The number of rotatable bonds is 3. The summed E-state index contributed by atoms with van der Waals surface area (Å²) in [6, 6.07) is 7.31. The molecule has 1 aliphatic rings. The molecule has 0 radical (unpaired) electrons. The number of benzene rings is 1. The molecule has 0 aromatic heterocycles. The molecule has 3 nitrogen and oxygen atoms in total. The van der Waals surface area contributed by atoms with E-state index in [0.717, 1.165) is 11.3 Å². The molecule has 0 aliphatic heterocycles. The molecule has 1 fully saturated rings. The number of anilines is 1. The fourth-order valence-electron chi connectivity index (χ4n) is 2.64. The van der Waals surface area contributed by atoms with E-state index in [9.17, 15) is 22.8 Å². The number of nitrogens with zero attached hydrogens (tertiary/aromatic N) is 1. The molecule has 6 heteroatoms. The number of carbonyl (C=O) groups is 2. The second-order valence-corrected chi connectivity index (χ2v) is 5.83. The first kappa shape index (κ1) is 17.2. The summed E-state index contributed by atoms with van der Waals surface area (Å²) in [7, 11) is 3.79. The summed E-state index contributed by atoms with van der Waals surface area (Å²) in [6.07, 6.45) is -2.61. The third-order valence-corrected chi connectivity index (χ3v) is 3.92. The van der Waals surface area contributed by atoms with Gasteiger partial charge in [-0.2, -0.15) is 13.2 Å². The molecule has 1 aliphatic carbocycles. The second-order valence-electron chi connectivity index (χ2n) is 5.83. The first-order valence-corrected chi connectivity index (χ1v) is 7.33. The van der Waals surface area contributed by atoms with Crippen molar-refractivity contribution in [2.75, 3.05) is 19.0 Å². The average Bonchev–Trinajstić information content (AvgIpc) is 2.48. The van der Waals surface area contributed by atoms with Crippen molar-refractivity contribution >= 4 is 23.3 Å². The zero-order valence-corrected chi connectivity index (χ0v) is 13.0. The van der Waals surface area contributed by atoms with Crippen LogP contribution in [0.5, 0.6) is 0 Å². The summed E-state index contributed by atoms with van der Waals surface area (Å²) in [5, 5.41) is 0. The molecule has 1 aromatic rings. The van der Waals surface area contributed by atoms with Crippen LogP contribution >= 0.6 is 0 Å². The lowest BCUT2D eigenvalue weighted by molar-refractivity contribution is -0.176. The van der Waals surface area contributed by atoms with Crippen LogP contribution in [0.2, 0.25) is 0 Å². The molecule has 0 amide bonds. The lowest BCUT2D eigenvalue weighted by Gasteiger charge is -2.22. The van der Waals surface area contributed by atoms with E-state index in [2.05, 4.69) is 0 Å². The van der Waals surface area contributed by atoms with E-state index in [1.54, 1.807) is 18.2 Å². The van der Waals surface area contributed by atoms with Crippen molar-refractivity contribution in [3.05, 3.63) is 35.4 Å². The van der Waals surface area contributed by atoms with Crippen LogP contribution in [0.3, 0.4) is 0 Å². The third-order valence-electron chi connectivity index (χ3n) is 3.92. The molecule has 1 atom stereocenters. The summed E-state index contributed by atoms with van der Waals surface area (Å²) in [5.41, 5.74) is 2.00. The number of alkyl halides is 3. The summed E-state index contributed by atoms with van der Waals surface area (Å²) in [5.74, 6) is -4.22. The quantitative estimate of drug-likeness (QED) is 0.629. The van der Waals surface area contributed by atoms with Crippen molar-refractivity contribution in [2.45, 2.75) is 25.4 Å².